The van der Waals surface area contributed by atoms with Crippen LogP contribution in [-0.4, -0.2) is 28.1 Å². The third-order valence-corrected chi connectivity index (χ3v) is 6.12. The maximum Gasteiger partial charge on any atom is 0.243 e. The lowest BCUT2D eigenvalue weighted by atomic mass is 9.72. The van der Waals surface area contributed by atoms with Crippen LogP contribution in [0.2, 0.25) is 5.02 Å². The van der Waals surface area contributed by atoms with E-state index in [4.69, 9.17) is 11.6 Å². The van der Waals surface area contributed by atoms with E-state index in [0.717, 1.165) is 22.5 Å². The summed E-state index contributed by atoms with van der Waals surface area (Å²) < 4.78 is 1.69. The number of amides is 2. The Morgan fingerprint density at radius 3 is 2.77 bits per heavy atom. The minimum Gasteiger partial charge on any atom is -0.310 e. The summed E-state index contributed by atoms with van der Waals surface area (Å²) in [6, 6.07) is 13.1. The number of rotatable bonds is 3. The smallest absolute Gasteiger partial charge is 0.243 e. The predicted octanol–water partition coefficient (Wildman–Crippen LogP) is 4.00. The first-order valence-electron chi connectivity index (χ1n) is 9.64. The molecule has 1 unspecified atom stereocenters. The Bertz CT molecular complexity index is 1230. The summed E-state index contributed by atoms with van der Waals surface area (Å²) in [6.07, 6.45) is 3.36. The Kier molecular flexibility index (Phi) is 4.08. The van der Waals surface area contributed by atoms with E-state index >= 15 is 0 Å². The minimum absolute atomic E-state index is 0.000711. The fourth-order valence-electron chi connectivity index (χ4n) is 4.56. The summed E-state index contributed by atoms with van der Waals surface area (Å²) >= 11 is 6.31. The fraction of sp³-hybridized carbons (Fsp3) is 0.174. The van der Waals surface area contributed by atoms with Crippen molar-refractivity contribution in [1.29, 1.82) is 0 Å². The van der Waals surface area contributed by atoms with Crippen molar-refractivity contribution < 1.29 is 9.59 Å². The molecule has 0 aliphatic carbocycles. The molecule has 1 atom stereocenters. The van der Waals surface area contributed by atoms with Gasteiger partial charge in [0.15, 0.2) is 0 Å². The Labute approximate surface area is 178 Å². The van der Waals surface area contributed by atoms with Crippen molar-refractivity contribution in [2.24, 2.45) is 0 Å². The molecule has 6 nitrogen and oxygen atoms in total. The van der Waals surface area contributed by atoms with Crippen molar-refractivity contribution in [3.63, 3.8) is 0 Å². The maximum atomic E-state index is 13.8. The molecule has 0 saturated heterocycles. The number of para-hydroxylation sites is 1. The number of carbonyl (C=O) groups excluding carboxylic acids is 2. The van der Waals surface area contributed by atoms with Gasteiger partial charge in [0.25, 0.3) is 0 Å². The highest BCUT2D eigenvalue weighted by molar-refractivity contribution is 6.31. The SMILES string of the molecule is C=CCN1C(=O)C2(CC(=O)Nc3c2cnn3-c2ccccc2C)c2cc(Cl)ccc21. The predicted molar refractivity (Wildman–Crippen MR) is 116 cm³/mol. The van der Waals surface area contributed by atoms with E-state index in [9.17, 15) is 9.59 Å². The van der Waals surface area contributed by atoms with Gasteiger partial charge in [-0.3, -0.25) is 9.59 Å². The molecule has 2 aliphatic rings. The number of aryl methyl sites for hydroxylation is 1. The lowest BCUT2D eigenvalue weighted by molar-refractivity contribution is -0.126. The van der Waals surface area contributed by atoms with Gasteiger partial charge in [-0.15, -0.1) is 6.58 Å². The largest absolute Gasteiger partial charge is 0.310 e. The second-order valence-corrected chi connectivity index (χ2v) is 8.04. The van der Waals surface area contributed by atoms with Crippen molar-refractivity contribution in [3.05, 3.63) is 83.0 Å². The lowest BCUT2D eigenvalue weighted by Gasteiger charge is -2.32. The van der Waals surface area contributed by atoms with Crippen molar-refractivity contribution in [1.82, 2.24) is 9.78 Å². The van der Waals surface area contributed by atoms with E-state index in [1.54, 1.807) is 34.0 Å². The molecule has 5 rings (SSSR count). The number of hydrogen-bond acceptors (Lipinski definition) is 3. The van der Waals surface area contributed by atoms with Gasteiger partial charge >= 0.3 is 0 Å². The Balaban J connectivity index is 1.79. The molecule has 30 heavy (non-hydrogen) atoms. The number of aromatic nitrogens is 2. The summed E-state index contributed by atoms with van der Waals surface area (Å²) in [4.78, 5) is 28.3. The van der Waals surface area contributed by atoms with E-state index < -0.39 is 5.41 Å². The van der Waals surface area contributed by atoms with E-state index in [1.807, 2.05) is 37.3 Å². The van der Waals surface area contributed by atoms with Gasteiger partial charge in [0.2, 0.25) is 11.8 Å². The van der Waals surface area contributed by atoms with Gasteiger partial charge < -0.3 is 10.2 Å². The van der Waals surface area contributed by atoms with E-state index in [-0.39, 0.29) is 18.2 Å². The van der Waals surface area contributed by atoms with Crippen LogP contribution in [0.5, 0.6) is 0 Å². The quantitative estimate of drug-likeness (QED) is 0.654. The first-order chi connectivity index (χ1) is 14.5. The van der Waals surface area contributed by atoms with Crippen LogP contribution in [0.3, 0.4) is 0 Å². The molecule has 3 aromatic rings. The normalized spacial score (nSPS) is 19.6. The average molecular weight is 419 g/mol. The Morgan fingerprint density at radius 2 is 2.00 bits per heavy atom. The molecule has 2 aromatic carbocycles. The Morgan fingerprint density at radius 1 is 1.20 bits per heavy atom. The van der Waals surface area contributed by atoms with Crippen LogP contribution in [0.1, 0.15) is 23.1 Å². The standard InChI is InChI=1S/C23H19ClN4O2/c1-3-10-27-19-9-8-15(24)11-16(19)23(22(27)30)12-20(29)26-21-17(23)13-25-28(21)18-7-5-4-6-14(18)2/h3-9,11,13H,1,10,12H2,2H3,(H,26,29). The lowest BCUT2D eigenvalue weighted by Crippen LogP contribution is -2.46. The van der Waals surface area contributed by atoms with Crippen LogP contribution in [-0.2, 0) is 15.0 Å². The van der Waals surface area contributed by atoms with Gasteiger partial charge in [-0.1, -0.05) is 35.9 Å². The van der Waals surface area contributed by atoms with Crippen LogP contribution in [0.4, 0.5) is 11.5 Å². The number of hydrogen-bond donors (Lipinski definition) is 1. The summed E-state index contributed by atoms with van der Waals surface area (Å²) in [6.45, 7) is 6.10. The molecule has 3 heterocycles. The molecule has 1 aromatic heterocycles. The molecule has 1 spiro atoms. The molecular weight excluding hydrogens is 400 g/mol. The highest BCUT2D eigenvalue weighted by Crippen LogP contribution is 2.53. The summed E-state index contributed by atoms with van der Waals surface area (Å²) in [5, 5.41) is 8.01. The molecule has 0 bridgehead atoms. The highest BCUT2D eigenvalue weighted by atomic mass is 35.5. The van der Waals surface area contributed by atoms with Gasteiger partial charge in [-0.25, -0.2) is 4.68 Å². The molecule has 2 amide bonds. The van der Waals surface area contributed by atoms with Gasteiger partial charge in [0.05, 0.1) is 11.9 Å². The number of anilines is 2. The second kappa shape index (κ2) is 6.57. The van der Waals surface area contributed by atoms with Gasteiger partial charge in [-0.05, 0) is 42.3 Å². The first-order valence-corrected chi connectivity index (χ1v) is 10.0. The number of halogens is 1. The topological polar surface area (TPSA) is 67.2 Å². The number of nitrogens with zero attached hydrogens (tertiary/aromatic N) is 3. The average Bonchev–Trinajstić information content (AvgIpc) is 3.23. The van der Waals surface area contributed by atoms with Crippen molar-refractivity contribution in [2.75, 3.05) is 16.8 Å². The molecule has 1 N–H and O–H groups in total. The van der Waals surface area contributed by atoms with E-state index in [1.165, 1.54) is 0 Å². The van der Waals surface area contributed by atoms with Crippen molar-refractivity contribution >= 4 is 34.9 Å². The molecule has 0 radical (unpaired) electrons. The Hall–Kier alpha value is -3.38. The fourth-order valence-corrected chi connectivity index (χ4v) is 4.73. The number of benzene rings is 2. The van der Waals surface area contributed by atoms with Crippen LogP contribution < -0.4 is 10.2 Å². The van der Waals surface area contributed by atoms with Crippen molar-refractivity contribution in [2.45, 2.75) is 18.8 Å². The van der Waals surface area contributed by atoms with Crippen molar-refractivity contribution in [3.8, 4) is 5.69 Å². The molecule has 2 aliphatic heterocycles. The zero-order valence-corrected chi connectivity index (χ0v) is 17.1. The summed E-state index contributed by atoms with van der Waals surface area (Å²) in [7, 11) is 0. The van der Waals surface area contributed by atoms with Crippen LogP contribution in [0, 0.1) is 6.92 Å². The van der Waals surface area contributed by atoms with E-state index in [2.05, 4.69) is 17.0 Å². The first kappa shape index (κ1) is 18.6. The molecular formula is C23H19ClN4O2. The monoisotopic (exact) mass is 418 g/mol. The maximum absolute atomic E-state index is 13.8. The van der Waals surface area contributed by atoms with E-state index in [0.29, 0.717) is 22.9 Å². The molecule has 0 saturated carbocycles. The third kappa shape index (κ3) is 2.40. The minimum atomic E-state index is -1.16. The summed E-state index contributed by atoms with van der Waals surface area (Å²) in [5.41, 5.74) is 2.82. The van der Waals surface area contributed by atoms with Crippen LogP contribution in [0.15, 0.2) is 61.3 Å². The molecule has 0 fully saturated rings. The zero-order chi connectivity index (χ0) is 21.0. The second-order valence-electron chi connectivity index (χ2n) is 7.60. The summed E-state index contributed by atoms with van der Waals surface area (Å²) in [5.74, 6) is 0.109. The number of fused-ring (bicyclic) bond motifs is 4. The van der Waals surface area contributed by atoms with Gasteiger partial charge in [0.1, 0.15) is 11.2 Å². The number of carbonyl (C=O) groups is 2. The zero-order valence-electron chi connectivity index (χ0n) is 16.4. The molecule has 150 valence electrons. The molecule has 7 heteroatoms. The van der Waals surface area contributed by atoms with Crippen LogP contribution in [0.25, 0.3) is 5.69 Å². The third-order valence-electron chi connectivity index (χ3n) is 5.89. The number of nitrogens with one attached hydrogen (secondary N) is 1. The van der Waals surface area contributed by atoms with Gasteiger partial charge in [-0.2, -0.15) is 5.10 Å². The van der Waals surface area contributed by atoms with Gasteiger partial charge in [0, 0.05) is 29.2 Å². The van der Waals surface area contributed by atoms with Crippen LogP contribution >= 0.6 is 11.6 Å². The highest BCUT2D eigenvalue weighted by Gasteiger charge is 2.57.